The minimum Gasteiger partial charge on any atom is -0.497 e. The van der Waals surface area contributed by atoms with Crippen LogP contribution in [0.3, 0.4) is 0 Å². The zero-order valence-electron chi connectivity index (χ0n) is 21.2. The molecule has 8 nitrogen and oxygen atoms in total. The summed E-state index contributed by atoms with van der Waals surface area (Å²) in [5, 5.41) is 0. The average molecular weight is 524 g/mol. The molecule has 0 spiro atoms. The summed E-state index contributed by atoms with van der Waals surface area (Å²) in [5.74, 6) is 1.17. The smallest absolute Gasteiger partial charge is 0.243 e. The molecule has 1 aliphatic rings. The molecule has 0 atom stereocenters. The van der Waals surface area contributed by atoms with Gasteiger partial charge in [-0.3, -0.25) is 4.79 Å². The molecule has 1 aliphatic heterocycles. The van der Waals surface area contributed by atoms with Crippen LogP contribution in [0.25, 0.3) is 0 Å². The first-order valence-electron chi connectivity index (χ1n) is 12.3. The van der Waals surface area contributed by atoms with Gasteiger partial charge in [0.1, 0.15) is 11.5 Å². The van der Waals surface area contributed by atoms with Gasteiger partial charge in [0.25, 0.3) is 0 Å². The van der Waals surface area contributed by atoms with E-state index in [1.807, 2.05) is 54.6 Å². The van der Waals surface area contributed by atoms with E-state index in [9.17, 15) is 13.2 Å². The van der Waals surface area contributed by atoms with E-state index in [1.165, 1.54) is 23.5 Å². The quantitative estimate of drug-likeness (QED) is 0.406. The van der Waals surface area contributed by atoms with Crippen LogP contribution in [-0.4, -0.2) is 77.0 Å². The fraction of sp³-hybridized carbons (Fsp3) is 0.321. The van der Waals surface area contributed by atoms with Gasteiger partial charge in [0.2, 0.25) is 15.9 Å². The van der Waals surface area contributed by atoms with Gasteiger partial charge in [-0.25, -0.2) is 8.42 Å². The molecule has 1 heterocycles. The maximum Gasteiger partial charge on any atom is 0.243 e. The normalized spacial score (nSPS) is 14.0. The SMILES string of the molecule is COc1ccc(N2CCN(C(=O)CN(CCc3ccccc3)S(=O)(=O)c3ccc(OC)cc3)CC2)cc1. The summed E-state index contributed by atoms with van der Waals surface area (Å²) in [6, 6.07) is 23.8. The number of ether oxygens (including phenoxy) is 2. The molecule has 4 rings (SSSR count). The Labute approximate surface area is 219 Å². The summed E-state index contributed by atoms with van der Waals surface area (Å²) in [7, 11) is -0.716. The molecule has 0 unspecified atom stereocenters. The van der Waals surface area contributed by atoms with Crippen molar-refractivity contribution >= 4 is 21.6 Å². The van der Waals surface area contributed by atoms with Gasteiger partial charge in [-0.15, -0.1) is 0 Å². The predicted molar refractivity (Wildman–Crippen MR) is 144 cm³/mol. The summed E-state index contributed by atoms with van der Waals surface area (Å²) in [6.45, 7) is 2.40. The number of nitrogens with zero attached hydrogens (tertiary/aromatic N) is 3. The molecule has 3 aromatic carbocycles. The van der Waals surface area contributed by atoms with Crippen LogP contribution in [0, 0.1) is 0 Å². The molecule has 1 amide bonds. The molecule has 1 fully saturated rings. The Bertz CT molecular complexity index is 1260. The van der Waals surface area contributed by atoms with Crippen LogP contribution in [0.15, 0.2) is 83.8 Å². The molecule has 0 saturated carbocycles. The number of rotatable bonds is 10. The monoisotopic (exact) mass is 523 g/mol. The number of methoxy groups -OCH3 is 2. The van der Waals surface area contributed by atoms with Crippen LogP contribution >= 0.6 is 0 Å². The van der Waals surface area contributed by atoms with E-state index < -0.39 is 10.0 Å². The lowest BCUT2D eigenvalue weighted by atomic mass is 10.1. The zero-order valence-corrected chi connectivity index (χ0v) is 22.1. The van der Waals surface area contributed by atoms with E-state index in [0.29, 0.717) is 38.3 Å². The second-order valence-electron chi connectivity index (χ2n) is 8.82. The Morgan fingerprint density at radius 3 is 1.95 bits per heavy atom. The summed E-state index contributed by atoms with van der Waals surface area (Å²) in [5.41, 5.74) is 2.08. The summed E-state index contributed by atoms with van der Waals surface area (Å²) >= 11 is 0. The minimum absolute atomic E-state index is 0.137. The lowest BCUT2D eigenvalue weighted by Gasteiger charge is -2.37. The first-order chi connectivity index (χ1) is 17.9. The highest BCUT2D eigenvalue weighted by atomic mass is 32.2. The third-order valence-electron chi connectivity index (χ3n) is 6.57. The first-order valence-corrected chi connectivity index (χ1v) is 13.7. The topological polar surface area (TPSA) is 79.4 Å². The van der Waals surface area contributed by atoms with Gasteiger partial charge in [-0.1, -0.05) is 30.3 Å². The maximum atomic E-state index is 13.6. The molecule has 37 heavy (non-hydrogen) atoms. The van der Waals surface area contributed by atoms with Gasteiger partial charge in [-0.05, 0) is 60.5 Å². The zero-order chi connectivity index (χ0) is 26.3. The number of carbonyl (C=O) groups excluding carboxylic acids is 1. The number of sulfonamides is 1. The van der Waals surface area contributed by atoms with Gasteiger partial charge in [0.15, 0.2) is 0 Å². The molecular formula is C28H33N3O5S. The maximum absolute atomic E-state index is 13.6. The van der Waals surface area contributed by atoms with E-state index in [4.69, 9.17) is 9.47 Å². The molecule has 0 aliphatic carbocycles. The second-order valence-corrected chi connectivity index (χ2v) is 10.8. The van der Waals surface area contributed by atoms with Crippen molar-refractivity contribution in [2.75, 3.05) is 58.4 Å². The molecule has 0 N–H and O–H groups in total. The Balaban J connectivity index is 1.44. The van der Waals surface area contributed by atoms with Gasteiger partial charge >= 0.3 is 0 Å². The molecule has 0 aromatic heterocycles. The van der Waals surface area contributed by atoms with E-state index in [-0.39, 0.29) is 23.9 Å². The van der Waals surface area contributed by atoms with Crippen molar-refractivity contribution in [1.29, 1.82) is 0 Å². The predicted octanol–water partition coefficient (Wildman–Crippen LogP) is 3.29. The highest BCUT2D eigenvalue weighted by Crippen LogP contribution is 2.22. The van der Waals surface area contributed by atoms with Gasteiger partial charge in [0, 0.05) is 38.4 Å². The second kappa shape index (κ2) is 12.1. The van der Waals surface area contributed by atoms with E-state index in [0.717, 1.165) is 17.0 Å². The van der Waals surface area contributed by atoms with E-state index in [2.05, 4.69) is 4.90 Å². The summed E-state index contributed by atoms with van der Waals surface area (Å²) in [6.07, 6.45) is 0.509. The standard InChI is InChI=1S/C28H33N3O5S/c1-35-25-10-8-24(9-11-25)29-18-20-30(21-19-29)28(32)22-31(17-16-23-6-4-3-5-7-23)37(33,34)27-14-12-26(36-2)13-15-27/h3-15H,16-22H2,1-2H3. The Kier molecular flexibility index (Phi) is 8.68. The molecular weight excluding hydrogens is 490 g/mol. The van der Waals surface area contributed by atoms with Gasteiger partial charge < -0.3 is 19.3 Å². The Hall–Kier alpha value is -3.56. The van der Waals surface area contributed by atoms with Crippen LogP contribution in [-0.2, 0) is 21.2 Å². The van der Waals surface area contributed by atoms with Crippen molar-refractivity contribution in [1.82, 2.24) is 9.21 Å². The largest absolute Gasteiger partial charge is 0.497 e. The number of hydrogen-bond donors (Lipinski definition) is 0. The van der Waals surface area contributed by atoms with E-state index in [1.54, 1.807) is 24.1 Å². The molecule has 196 valence electrons. The van der Waals surface area contributed by atoms with Crippen molar-refractivity contribution in [3.8, 4) is 11.5 Å². The number of anilines is 1. The minimum atomic E-state index is -3.88. The van der Waals surface area contributed by atoms with Crippen molar-refractivity contribution in [3.05, 3.63) is 84.4 Å². The Morgan fingerprint density at radius 1 is 0.811 bits per heavy atom. The third-order valence-corrected chi connectivity index (χ3v) is 8.43. The van der Waals surface area contributed by atoms with Gasteiger partial charge in [0.05, 0.1) is 25.7 Å². The van der Waals surface area contributed by atoms with Crippen molar-refractivity contribution in [2.24, 2.45) is 0 Å². The Morgan fingerprint density at radius 2 is 1.38 bits per heavy atom. The molecule has 0 bridgehead atoms. The number of piperazine rings is 1. The highest BCUT2D eigenvalue weighted by molar-refractivity contribution is 7.89. The highest BCUT2D eigenvalue weighted by Gasteiger charge is 2.30. The van der Waals surface area contributed by atoms with Crippen LogP contribution in [0.1, 0.15) is 5.56 Å². The first kappa shape index (κ1) is 26.5. The number of hydrogen-bond acceptors (Lipinski definition) is 6. The van der Waals surface area contributed by atoms with Crippen LogP contribution in [0.4, 0.5) is 5.69 Å². The van der Waals surface area contributed by atoms with Crippen molar-refractivity contribution in [3.63, 3.8) is 0 Å². The fourth-order valence-electron chi connectivity index (χ4n) is 4.34. The number of carbonyl (C=O) groups is 1. The number of benzene rings is 3. The van der Waals surface area contributed by atoms with Crippen LogP contribution in [0.2, 0.25) is 0 Å². The fourth-order valence-corrected chi connectivity index (χ4v) is 5.73. The lowest BCUT2D eigenvalue weighted by molar-refractivity contribution is -0.131. The lowest BCUT2D eigenvalue weighted by Crippen LogP contribution is -2.52. The van der Waals surface area contributed by atoms with Crippen LogP contribution < -0.4 is 14.4 Å². The molecule has 0 radical (unpaired) electrons. The van der Waals surface area contributed by atoms with Crippen LogP contribution in [0.5, 0.6) is 11.5 Å². The van der Waals surface area contributed by atoms with E-state index >= 15 is 0 Å². The van der Waals surface area contributed by atoms with Gasteiger partial charge in [-0.2, -0.15) is 4.31 Å². The molecule has 3 aromatic rings. The summed E-state index contributed by atoms with van der Waals surface area (Å²) < 4.78 is 38.8. The third kappa shape index (κ3) is 6.61. The number of amides is 1. The molecule has 1 saturated heterocycles. The van der Waals surface area contributed by atoms with Crippen molar-refractivity contribution in [2.45, 2.75) is 11.3 Å². The average Bonchev–Trinajstić information content (AvgIpc) is 2.95. The molecule has 9 heteroatoms. The van der Waals surface area contributed by atoms with Crippen molar-refractivity contribution < 1.29 is 22.7 Å². The summed E-state index contributed by atoms with van der Waals surface area (Å²) in [4.78, 5) is 17.4.